The second kappa shape index (κ2) is 6.36. The Morgan fingerprint density at radius 3 is 1.92 bits per heavy atom. The minimum Gasteiger partial charge on any atom is -0.422 e. The minimum atomic E-state index is -0.274. The molecule has 0 N–H and O–H groups in total. The molecule has 6 rings (SSSR count). The molecule has 0 atom stereocenters. The summed E-state index contributed by atoms with van der Waals surface area (Å²) in [7, 11) is 0. The topological polar surface area (TPSA) is 30.2 Å². The van der Waals surface area contributed by atoms with Crippen LogP contribution in [0.25, 0.3) is 40.5 Å². The SMILES string of the molecule is O=c1oc2ccccc2c2ccccc12.c1cc2sc3ccsc3c2s1. The first kappa shape index (κ1) is 15.8. The lowest BCUT2D eigenvalue weighted by Crippen LogP contribution is -1.98. The molecule has 0 saturated carbocycles. The number of fused-ring (bicyclic) bond motifs is 6. The normalized spacial score (nSPS) is 11.2. The average molecular weight is 393 g/mol. The lowest BCUT2D eigenvalue weighted by Gasteiger charge is -2.00. The molecule has 0 aliphatic heterocycles. The molecule has 0 aliphatic rings. The zero-order chi connectivity index (χ0) is 17.5. The van der Waals surface area contributed by atoms with Crippen molar-refractivity contribution in [2.75, 3.05) is 0 Å². The Bertz CT molecular complexity index is 1370. The van der Waals surface area contributed by atoms with E-state index < -0.39 is 0 Å². The van der Waals surface area contributed by atoms with Crippen LogP contribution in [0.3, 0.4) is 0 Å². The highest BCUT2D eigenvalue weighted by molar-refractivity contribution is 7.37. The first-order valence-corrected chi connectivity index (χ1v) is 10.6. The van der Waals surface area contributed by atoms with Crippen LogP contribution in [0.4, 0.5) is 0 Å². The third-order valence-corrected chi connectivity index (χ3v) is 7.58. The highest BCUT2D eigenvalue weighted by atomic mass is 32.1. The smallest absolute Gasteiger partial charge is 0.344 e. The summed E-state index contributed by atoms with van der Waals surface area (Å²) in [5.41, 5.74) is 0.366. The van der Waals surface area contributed by atoms with Crippen LogP contribution < -0.4 is 5.63 Å². The predicted molar refractivity (Wildman–Crippen MR) is 115 cm³/mol. The molecule has 0 aliphatic carbocycles. The first-order chi connectivity index (χ1) is 12.8. The summed E-state index contributed by atoms with van der Waals surface area (Å²) in [6.45, 7) is 0. The molecule has 0 spiro atoms. The zero-order valence-electron chi connectivity index (χ0n) is 13.5. The molecule has 4 heterocycles. The van der Waals surface area contributed by atoms with Crippen molar-refractivity contribution < 1.29 is 4.42 Å². The van der Waals surface area contributed by atoms with Gasteiger partial charge in [-0.1, -0.05) is 36.4 Å². The lowest BCUT2D eigenvalue weighted by atomic mass is 10.1. The van der Waals surface area contributed by atoms with E-state index in [0.29, 0.717) is 11.0 Å². The third-order valence-electron chi connectivity index (χ3n) is 4.21. The molecule has 0 unspecified atom stereocenters. The fraction of sp³-hybridized carbons (Fsp3) is 0. The van der Waals surface area contributed by atoms with Gasteiger partial charge in [0.15, 0.2) is 0 Å². The number of hydrogen-bond acceptors (Lipinski definition) is 5. The molecular formula is C21H12O2S3. The summed E-state index contributed by atoms with van der Waals surface area (Å²) in [6, 6.07) is 19.5. The van der Waals surface area contributed by atoms with E-state index in [9.17, 15) is 4.79 Å². The Morgan fingerprint density at radius 1 is 0.654 bits per heavy atom. The maximum Gasteiger partial charge on any atom is 0.344 e. The van der Waals surface area contributed by atoms with Gasteiger partial charge in [-0.3, -0.25) is 0 Å². The van der Waals surface area contributed by atoms with Gasteiger partial charge < -0.3 is 4.42 Å². The molecule has 2 aromatic carbocycles. The first-order valence-electron chi connectivity index (χ1n) is 8.05. The largest absolute Gasteiger partial charge is 0.422 e. The van der Waals surface area contributed by atoms with Crippen LogP contribution in [-0.4, -0.2) is 0 Å². The quantitative estimate of drug-likeness (QED) is 0.203. The fourth-order valence-electron chi connectivity index (χ4n) is 3.03. The molecule has 0 radical (unpaired) electrons. The predicted octanol–water partition coefficient (Wildman–Crippen LogP) is 7.12. The molecule has 5 heteroatoms. The van der Waals surface area contributed by atoms with Gasteiger partial charge in [0.05, 0.1) is 14.8 Å². The van der Waals surface area contributed by atoms with Gasteiger partial charge >= 0.3 is 5.63 Å². The van der Waals surface area contributed by atoms with Gasteiger partial charge in [-0.15, -0.1) is 34.0 Å². The van der Waals surface area contributed by atoms with E-state index in [4.69, 9.17) is 4.42 Å². The summed E-state index contributed by atoms with van der Waals surface area (Å²) < 4.78 is 11.0. The van der Waals surface area contributed by atoms with Crippen molar-refractivity contribution >= 4 is 74.6 Å². The van der Waals surface area contributed by atoms with E-state index in [-0.39, 0.29) is 5.63 Å². The maximum absolute atomic E-state index is 11.6. The van der Waals surface area contributed by atoms with E-state index in [0.717, 1.165) is 10.8 Å². The van der Waals surface area contributed by atoms with Crippen LogP contribution in [-0.2, 0) is 0 Å². The Balaban J connectivity index is 0.000000121. The van der Waals surface area contributed by atoms with Crippen LogP contribution in [0, 0.1) is 0 Å². The van der Waals surface area contributed by atoms with E-state index in [2.05, 4.69) is 22.9 Å². The van der Waals surface area contributed by atoms with Crippen molar-refractivity contribution in [3.63, 3.8) is 0 Å². The number of hydrogen-bond donors (Lipinski definition) is 0. The maximum atomic E-state index is 11.6. The lowest BCUT2D eigenvalue weighted by molar-refractivity contribution is 0.569. The molecule has 0 bridgehead atoms. The fourth-order valence-corrected chi connectivity index (χ4v) is 6.54. The molecule has 126 valence electrons. The summed E-state index contributed by atoms with van der Waals surface area (Å²) >= 11 is 5.59. The number of thiophene rings is 3. The van der Waals surface area contributed by atoms with Gasteiger partial charge in [0.25, 0.3) is 0 Å². The monoisotopic (exact) mass is 392 g/mol. The van der Waals surface area contributed by atoms with Crippen molar-refractivity contribution in [1.82, 2.24) is 0 Å². The Kier molecular flexibility index (Phi) is 3.85. The van der Waals surface area contributed by atoms with Crippen LogP contribution in [0.15, 0.2) is 80.6 Å². The molecule has 0 amide bonds. The summed E-state index contributed by atoms with van der Waals surface area (Å²) in [6.07, 6.45) is 0. The van der Waals surface area contributed by atoms with Crippen LogP contribution in [0.1, 0.15) is 0 Å². The molecule has 4 aromatic heterocycles. The van der Waals surface area contributed by atoms with Gasteiger partial charge in [-0.05, 0) is 40.4 Å². The van der Waals surface area contributed by atoms with Crippen molar-refractivity contribution in [1.29, 1.82) is 0 Å². The van der Waals surface area contributed by atoms with E-state index in [1.54, 1.807) is 6.07 Å². The Morgan fingerprint density at radius 2 is 1.23 bits per heavy atom. The number of benzene rings is 2. The number of para-hydroxylation sites is 1. The second-order valence-corrected chi connectivity index (χ2v) is 8.68. The van der Waals surface area contributed by atoms with Gasteiger partial charge in [-0.2, -0.15) is 0 Å². The Hall–Kier alpha value is -2.47. The van der Waals surface area contributed by atoms with E-state index >= 15 is 0 Å². The van der Waals surface area contributed by atoms with Crippen LogP contribution in [0.2, 0.25) is 0 Å². The zero-order valence-corrected chi connectivity index (χ0v) is 15.9. The van der Waals surface area contributed by atoms with Gasteiger partial charge in [0.2, 0.25) is 0 Å². The Labute approximate surface area is 160 Å². The van der Waals surface area contributed by atoms with Crippen molar-refractivity contribution in [3.8, 4) is 0 Å². The summed E-state index contributed by atoms with van der Waals surface area (Å²) in [5, 5.41) is 6.90. The van der Waals surface area contributed by atoms with Crippen LogP contribution in [0.5, 0.6) is 0 Å². The molecule has 2 nitrogen and oxygen atoms in total. The average Bonchev–Trinajstić information content (AvgIpc) is 3.36. The summed E-state index contributed by atoms with van der Waals surface area (Å²) in [4.78, 5) is 11.6. The minimum absolute atomic E-state index is 0.274. The van der Waals surface area contributed by atoms with Gasteiger partial charge in [0.1, 0.15) is 5.58 Å². The standard InChI is InChI=1S/C13H8O2.C8H4S3/c14-13-11-7-2-1-5-9(11)10-6-3-4-8-12(10)15-13;1-3-9-7-5(1)11-6-2-4-10-8(6)7/h1-8H;1-4H. The van der Waals surface area contributed by atoms with Crippen molar-refractivity contribution in [2.24, 2.45) is 0 Å². The second-order valence-electron chi connectivity index (χ2n) is 5.76. The molecule has 6 aromatic rings. The molecule has 26 heavy (non-hydrogen) atoms. The molecule has 0 saturated heterocycles. The number of rotatable bonds is 0. The highest BCUT2D eigenvalue weighted by Crippen LogP contribution is 2.40. The van der Waals surface area contributed by atoms with Crippen molar-refractivity contribution in [3.05, 3.63) is 81.8 Å². The third kappa shape index (κ3) is 2.56. The van der Waals surface area contributed by atoms with Gasteiger partial charge in [0, 0.05) is 14.8 Å². The van der Waals surface area contributed by atoms with E-state index in [1.165, 1.54) is 18.8 Å². The van der Waals surface area contributed by atoms with Gasteiger partial charge in [-0.25, -0.2) is 4.79 Å². The van der Waals surface area contributed by atoms with Crippen LogP contribution >= 0.6 is 34.0 Å². The molecular weight excluding hydrogens is 380 g/mol. The summed E-state index contributed by atoms with van der Waals surface area (Å²) in [5.74, 6) is 0. The highest BCUT2D eigenvalue weighted by Gasteiger charge is 2.06. The molecule has 0 fully saturated rings. The van der Waals surface area contributed by atoms with E-state index in [1.807, 2.05) is 76.5 Å². The van der Waals surface area contributed by atoms with Crippen molar-refractivity contribution in [2.45, 2.75) is 0 Å².